The summed E-state index contributed by atoms with van der Waals surface area (Å²) in [7, 11) is 0. The maximum Gasteiger partial charge on any atom is 0.277 e. The molecular formula is C18H18N8OS2. The lowest BCUT2D eigenvalue weighted by Crippen LogP contribution is -2.08. The molecule has 1 aromatic carbocycles. The van der Waals surface area contributed by atoms with E-state index < -0.39 is 0 Å². The highest BCUT2D eigenvalue weighted by atomic mass is 32.2. The number of benzene rings is 1. The van der Waals surface area contributed by atoms with Gasteiger partial charge in [0, 0.05) is 11.1 Å². The zero-order chi connectivity index (χ0) is 20.2. The topological polar surface area (TPSA) is 129 Å². The minimum absolute atomic E-state index is 0.144. The fourth-order valence-electron chi connectivity index (χ4n) is 2.50. The van der Waals surface area contributed by atoms with E-state index in [0.29, 0.717) is 29.3 Å². The van der Waals surface area contributed by atoms with Crippen molar-refractivity contribution in [1.29, 1.82) is 0 Å². The van der Waals surface area contributed by atoms with Gasteiger partial charge >= 0.3 is 0 Å². The number of nitrogens with one attached hydrogen (secondary N) is 1. The fraction of sp³-hybridized carbons (Fsp3) is 0.222. The molecule has 0 fully saturated rings. The number of aromatic nitrogens is 6. The molecule has 3 N–H and O–H groups in total. The molecule has 29 heavy (non-hydrogen) atoms. The zero-order valence-electron chi connectivity index (χ0n) is 15.7. The van der Waals surface area contributed by atoms with Crippen molar-refractivity contribution in [3.63, 3.8) is 0 Å². The largest absolute Gasteiger partial charge is 0.416 e. The van der Waals surface area contributed by atoms with Crippen LogP contribution >= 0.6 is 23.1 Å². The first-order valence-corrected chi connectivity index (χ1v) is 10.5. The van der Waals surface area contributed by atoms with Crippen LogP contribution < -0.4 is 11.1 Å². The van der Waals surface area contributed by atoms with Crippen LogP contribution in [0, 0.1) is 6.92 Å². The molecule has 0 saturated carbocycles. The molecule has 0 aliphatic heterocycles. The molecule has 0 aliphatic carbocycles. The molecule has 1 atom stereocenters. The SMILES string of the molecule is Cc1nc(Cc2nnc(SC(C)c3nc(N)nc(Nc4ccccc4)n3)o2)cs1. The predicted molar refractivity (Wildman–Crippen MR) is 112 cm³/mol. The van der Waals surface area contributed by atoms with Crippen LogP contribution in [0.5, 0.6) is 0 Å². The molecule has 11 heteroatoms. The lowest BCUT2D eigenvalue weighted by atomic mass is 10.3. The zero-order valence-corrected chi connectivity index (χ0v) is 17.4. The Morgan fingerprint density at radius 1 is 1.14 bits per heavy atom. The quantitative estimate of drug-likeness (QED) is 0.421. The van der Waals surface area contributed by atoms with Crippen LogP contribution in [-0.2, 0) is 6.42 Å². The maximum atomic E-state index is 5.87. The number of aryl methyl sites for hydroxylation is 1. The minimum atomic E-state index is -0.161. The molecule has 9 nitrogen and oxygen atoms in total. The summed E-state index contributed by atoms with van der Waals surface area (Å²) in [6.45, 7) is 3.91. The van der Waals surface area contributed by atoms with E-state index in [0.717, 1.165) is 16.4 Å². The average molecular weight is 427 g/mol. The molecule has 148 valence electrons. The molecule has 0 saturated heterocycles. The van der Waals surface area contributed by atoms with Gasteiger partial charge in [-0.15, -0.1) is 21.5 Å². The highest BCUT2D eigenvalue weighted by molar-refractivity contribution is 7.99. The number of anilines is 3. The molecule has 0 spiro atoms. The predicted octanol–water partition coefficient (Wildman–Crippen LogP) is 3.79. The van der Waals surface area contributed by atoms with Crippen LogP contribution in [-0.4, -0.2) is 30.1 Å². The summed E-state index contributed by atoms with van der Waals surface area (Å²) in [5.74, 6) is 1.57. The van der Waals surface area contributed by atoms with Crippen molar-refractivity contribution in [3.8, 4) is 0 Å². The summed E-state index contributed by atoms with van der Waals surface area (Å²) in [6, 6.07) is 9.62. The molecule has 0 aliphatic rings. The number of nitrogen functional groups attached to an aromatic ring is 1. The van der Waals surface area contributed by atoms with E-state index in [4.69, 9.17) is 10.2 Å². The third kappa shape index (κ3) is 5.06. The van der Waals surface area contributed by atoms with Crippen molar-refractivity contribution in [1.82, 2.24) is 30.1 Å². The second kappa shape index (κ2) is 8.53. The summed E-state index contributed by atoms with van der Waals surface area (Å²) in [4.78, 5) is 17.3. The number of nitrogens with two attached hydrogens (primary N) is 1. The number of hydrogen-bond acceptors (Lipinski definition) is 11. The van der Waals surface area contributed by atoms with Crippen molar-refractivity contribution in [3.05, 3.63) is 58.1 Å². The van der Waals surface area contributed by atoms with Crippen molar-refractivity contribution >= 4 is 40.7 Å². The molecule has 3 aromatic heterocycles. The molecule has 4 rings (SSSR count). The van der Waals surface area contributed by atoms with Gasteiger partial charge in [0.1, 0.15) is 5.82 Å². The molecule has 0 amide bonds. The van der Waals surface area contributed by atoms with Crippen molar-refractivity contribution in [2.75, 3.05) is 11.1 Å². The number of para-hydroxylation sites is 1. The Labute approximate surface area is 175 Å². The van der Waals surface area contributed by atoms with Crippen molar-refractivity contribution in [2.24, 2.45) is 0 Å². The van der Waals surface area contributed by atoms with Gasteiger partial charge in [-0.25, -0.2) is 4.98 Å². The second-order valence-corrected chi connectivity index (χ2v) is 8.48. The van der Waals surface area contributed by atoms with Gasteiger partial charge in [-0.1, -0.05) is 30.0 Å². The molecular weight excluding hydrogens is 408 g/mol. The van der Waals surface area contributed by atoms with E-state index in [2.05, 4.69) is 35.5 Å². The summed E-state index contributed by atoms with van der Waals surface area (Å²) < 4.78 is 5.73. The standard InChI is InChI=1S/C18H18N8OS2/c1-10(29-18-26-25-14(27-18)8-13-9-28-11(2)20-13)15-22-16(19)24-17(23-15)21-12-6-4-3-5-7-12/h3-7,9-10H,8H2,1-2H3,(H3,19,21,22,23,24). The van der Waals surface area contributed by atoms with Gasteiger partial charge in [0.25, 0.3) is 5.22 Å². The fourth-order valence-corrected chi connectivity index (χ4v) is 3.86. The first-order valence-electron chi connectivity index (χ1n) is 8.79. The van der Waals surface area contributed by atoms with E-state index >= 15 is 0 Å². The van der Waals surface area contributed by atoms with Gasteiger partial charge in [0.2, 0.25) is 17.8 Å². The third-order valence-corrected chi connectivity index (χ3v) is 5.54. The Morgan fingerprint density at radius 3 is 2.72 bits per heavy atom. The normalized spacial score (nSPS) is 12.1. The van der Waals surface area contributed by atoms with Crippen LogP contribution in [0.2, 0.25) is 0 Å². The van der Waals surface area contributed by atoms with E-state index in [9.17, 15) is 0 Å². The van der Waals surface area contributed by atoms with Gasteiger partial charge < -0.3 is 15.5 Å². The van der Waals surface area contributed by atoms with Crippen LogP contribution in [0.4, 0.5) is 17.6 Å². The summed E-state index contributed by atoms with van der Waals surface area (Å²) >= 11 is 2.96. The highest BCUT2D eigenvalue weighted by Gasteiger charge is 2.18. The summed E-state index contributed by atoms with van der Waals surface area (Å²) in [5, 5.41) is 14.6. The molecule has 3 heterocycles. The lowest BCUT2D eigenvalue weighted by Gasteiger charge is -2.10. The summed E-state index contributed by atoms with van der Waals surface area (Å²) in [5.41, 5.74) is 7.65. The van der Waals surface area contributed by atoms with Crippen molar-refractivity contribution < 1.29 is 4.42 Å². The molecule has 1 unspecified atom stereocenters. The van der Waals surface area contributed by atoms with Gasteiger partial charge in [-0.2, -0.15) is 15.0 Å². The first-order chi connectivity index (χ1) is 14.0. The minimum Gasteiger partial charge on any atom is -0.416 e. The summed E-state index contributed by atoms with van der Waals surface area (Å²) in [6.07, 6.45) is 0.510. The van der Waals surface area contributed by atoms with Gasteiger partial charge in [0.15, 0.2) is 0 Å². The Balaban J connectivity index is 1.45. The highest BCUT2D eigenvalue weighted by Crippen LogP contribution is 2.33. The van der Waals surface area contributed by atoms with Crippen LogP contribution in [0.15, 0.2) is 45.4 Å². The Hall–Kier alpha value is -3.05. The second-order valence-electron chi connectivity index (χ2n) is 6.12. The average Bonchev–Trinajstić information content (AvgIpc) is 3.31. The number of hydrogen-bond donors (Lipinski definition) is 2. The Morgan fingerprint density at radius 2 is 1.97 bits per heavy atom. The molecule has 0 bridgehead atoms. The number of thiazole rings is 1. The van der Waals surface area contributed by atoms with E-state index in [1.165, 1.54) is 11.8 Å². The maximum absolute atomic E-state index is 5.87. The van der Waals surface area contributed by atoms with Crippen LogP contribution in [0.1, 0.15) is 34.6 Å². The number of rotatable bonds is 7. The Kier molecular flexibility index (Phi) is 5.67. The smallest absolute Gasteiger partial charge is 0.277 e. The molecule has 4 aromatic rings. The first kappa shape index (κ1) is 19.3. The van der Waals surface area contributed by atoms with Gasteiger partial charge in [-0.3, -0.25) is 0 Å². The van der Waals surface area contributed by atoms with E-state index in [1.807, 2.05) is 49.6 Å². The Bertz CT molecular complexity index is 1100. The third-order valence-electron chi connectivity index (χ3n) is 3.79. The van der Waals surface area contributed by atoms with Gasteiger partial charge in [-0.05, 0) is 26.0 Å². The molecule has 0 radical (unpaired) electrons. The van der Waals surface area contributed by atoms with Crippen LogP contribution in [0.25, 0.3) is 0 Å². The van der Waals surface area contributed by atoms with Crippen LogP contribution in [0.3, 0.4) is 0 Å². The number of thioether (sulfide) groups is 1. The lowest BCUT2D eigenvalue weighted by molar-refractivity contribution is 0.418. The monoisotopic (exact) mass is 426 g/mol. The van der Waals surface area contributed by atoms with E-state index in [1.54, 1.807) is 11.3 Å². The van der Waals surface area contributed by atoms with Gasteiger partial charge in [0.05, 0.1) is 22.4 Å². The van der Waals surface area contributed by atoms with E-state index in [-0.39, 0.29) is 11.2 Å². The number of nitrogens with zero attached hydrogens (tertiary/aromatic N) is 6. The van der Waals surface area contributed by atoms with Crippen molar-refractivity contribution in [2.45, 2.75) is 30.7 Å².